The summed E-state index contributed by atoms with van der Waals surface area (Å²) in [6.07, 6.45) is 4.58. The van der Waals surface area contributed by atoms with Crippen molar-refractivity contribution in [1.29, 1.82) is 0 Å². The second-order valence-electron chi connectivity index (χ2n) is 9.09. The van der Waals surface area contributed by atoms with Crippen LogP contribution < -0.4 is 5.32 Å². The first-order chi connectivity index (χ1) is 15.7. The van der Waals surface area contributed by atoms with Crippen molar-refractivity contribution in [2.24, 2.45) is 24.8 Å². The quantitative estimate of drug-likeness (QED) is 0.629. The normalized spacial score (nSPS) is 23.1. The molecule has 2 fully saturated rings. The Hall–Kier alpha value is -3.24. The molecule has 2 saturated carbocycles. The van der Waals surface area contributed by atoms with Crippen molar-refractivity contribution in [1.82, 2.24) is 34.8 Å². The molecule has 0 aliphatic heterocycles. The number of nitrogens with zero attached hydrogens (tertiary/aromatic N) is 6. The fraction of sp³-hybridized carbons (Fsp3) is 0.500. The molecule has 0 aromatic carbocycles. The van der Waals surface area contributed by atoms with E-state index >= 15 is 0 Å². The number of fused-ring (bicyclic) bond motifs is 2. The first-order valence-electron chi connectivity index (χ1n) is 11.0. The van der Waals surface area contributed by atoms with Crippen LogP contribution in [0.5, 0.6) is 0 Å². The number of carbonyl (C=O) groups excluding carboxylic acids is 1. The molecule has 1 amide bonds. The van der Waals surface area contributed by atoms with Crippen molar-refractivity contribution >= 4 is 5.91 Å². The second kappa shape index (κ2) is 7.96. The van der Waals surface area contributed by atoms with Gasteiger partial charge in [-0.3, -0.25) is 9.48 Å². The van der Waals surface area contributed by atoms with Crippen LogP contribution in [0.15, 0.2) is 30.7 Å². The highest BCUT2D eigenvalue weighted by Gasteiger charge is 2.42. The van der Waals surface area contributed by atoms with Crippen LogP contribution in [0.2, 0.25) is 0 Å². The zero-order valence-corrected chi connectivity index (χ0v) is 18.3. The van der Waals surface area contributed by atoms with Gasteiger partial charge in [0.05, 0.1) is 11.9 Å². The molecule has 1 N–H and O–H groups in total. The number of hydrogen-bond donors (Lipinski definition) is 1. The Bertz CT molecular complexity index is 1180. The minimum absolute atomic E-state index is 0.0138. The number of aryl methyl sites for hydroxylation is 1. The van der Waals surface area contributed by atoms with Gasteiger partial charge in [0.1, 0.15) is 0 Å². The molecule has 33 heavy (non-hydrogen) atoms. The average Bonchev–Trinajstić information content (AvgIpc) is 3.56. The summed E-state index contributed by atoms with van der Waals surface area (Å²) in [5.41, 5.74) is -0.519. The Labute approximate surface area is 188 Å². The molecule has 8 nitrogen and oxygen atoms in total. The number of alkyl halides is 3. The van der Waals surface area contributed by atoms with Gasteiger partial charge in [-0.15, -0.1) is 0 Å². The topological polar surface area (TPSA) is 90.5 Å². The van der Waals surface area contributed by atoms with Gasteiger partial charge >= 0.3 is 6.18 Å². The zero-order chi connectivity index (χ0) is 23.3. The number of aromatic nitrogens is 6. The molecule has 3 aromatic heterocycles. The van der Waals surface area contributed by atoms with E-state index in [-0.39, 0.29) is 29.3 Å². The summed E-state index contributed by atoms with van der Waals surface area (Å²) in [6, 6.07) is 2.34. The van der Waals surface area contributed by atoms with Crippen molar-refractivity contribution in [3.63, 3.8) is 0 Å². The van der Waals surface area contributed by atoms with Gasteiger partial charge in [-0.25, -0.2) is 14.6 Å². The maximum Gasteiger partial charge on any atom is 0.433 e. The molecule has 4 atom stereocenters. The number of hydrogen-bond acceptors (Lipinski definition) is 5. The molecule has 0 saturated heterocycles. The van der Waals surface area contributed by atoms with Crippen LogP contribution in [-0.2, 0) is 13.2 Å². The van der Waals surface area contributed by atoms with Gasteiger partial charge in [0.2, 0.25) is 0 Å². The molecule has 11 heteroatoms. The molecular formula is C22H24F3N7O. The molecule has 0 spiro atoms. The number of halogens is 3. The van der Waals surface area contributed by atoms with Crippen LogP contribution in [0.3, 0.4) is 0 Å². The van der Waals surface area contributed by atoms with Gasteiger partial charge in [0, 0.05) is 31.0 Å². The zero-order valence-electron chi connectivity index (χ0n) is 18.3. The van der Waals surface area contributed by atoms with Crippen molar-refractivity contribution in [3.05, 3.63) is 42.1 Å². The summed E-state index contributed by atoms with van der Waals surface area (Å²) in [4.78, 5) is 20.6. The van der Waals surface area contributed by atoms with E-state index in [0.29, 0.717) is 17.4 Å². The van der Waals surface area contributed by atoms with Crippen molar-refractivity contribution in [2.75, 3.05) is 0 Å². The van der Waals surface area contributed by atoms with Crippen molar-refractivity contribution in [3.8, 4) is 17.2 Å². The second-order valence-corrected chi connectivity index (χ2v) is 9.09. The molecule has 0 unspecified atom stereocenters. The van der Waals surface area contributed by atoms with E-state index in [4.69, 9.17) is 0 Å². The molecule has 2 aliphatic rings. The highest BCUT2D eigenvalue weighted by atomic mass is 19.4. The van der Waals surface area contributed by atoms with E-state index < -0.39 is 11.9 Å². The first-order valence-corrected chi connectivity index (χ1v) is 11.0. The standard InChI is InChI=1S/C22H24F3N7O/c1-12(16-8-13-3-4-14(16)7-13)27-20(33)17-5-6-32(30-17)21-28-18(15-10-26-31(2)11-15)9-19(29-21)22(23,24)25/h5-6,9-14,16H,3-4,7-8H2,1-2H3,(H,27,33)/t12-,13-,14-,16-/m1/s1. The molecule has 174 valence electrons. The lowest BCUT2D eigenvalue weighted by Crippen LogP contribution is -2.40. The largest absolute Gasteiger partial charge is 0.433 e. The SMILES string of the molecule is C[C@@H](NC(=O)c1ccn(-c2nc(-c3cnn(C)c3)cc(C(F)(F)F)n2)n1)[C@H]1C[C@@H]2CC[C@@H]1C2. The van der Waals surface area contributed by atoms with E-state index in [1.807, 2.05) is 6.92 Å². The molecule has 2 bridgehead atoms. The smallest absolute Gasteiger partial charge is 0.348 e. The summed E-state index contributed by atoms with van der Waals surface area (Å²) in [5.74, 6) is 1.26. The van der Waals surface area contributed by atoms with Gasteiger partial charge in [-0.2, -0.15) is 23.4 Å². The van der Waals surface area contributed by atoms with Gasteiger partial charge in [0.25, 0.3) is 11.9 Å². The lowest BCUT2D eigenvalue weighted by molar-refractivity contribution is -0.141. The number of rotatable bonds is 5. The molecular weight excluding hydrogens is 435 g/mol. The maximum atomic E-state index is 13.5. The fourth-order valence-corrected chi connectivity index (χ4v) is 5.23. The number of amides is 1. The van der Waals surface area contributed by atoms with Crippen LogP contribution in [-0.4, -0.2) is 41.5 Å². The van der Waals surface area contributed by atoms with Gasteiger partial charge in [-0.1, -0.05) is 6.42 Å². The third-order valence-electron chi connectivity index (χ3n) is 6.83. The van der Waals surface area contributed by atoms with Crippen molar-refractivity contribution in [2.45, 2.75) is 44.8 Å². The van der Waals surface area contributed by atoms with Crippen LogP contribution in [0.1, 0.15) is 48.8 Å². The Morgan fingerprint density at radius 3 is 2.70 bits per heavy atom. The Kier molecular flexibility index (Phi) is 5.21. The number of nitrogens with one attached hydrogen (secondary N) is 1. The predicted molar refractivity (Wildman–Crippen MR) is 112 cm³/mol. The predicted octanol–water partition coefficient (Wildman–Crippen LogP) is 3.64. The minimum atomic E-state index is -4.67. The van der Waals surface area contributed by atoms with Crippen LogP contribution >= 0.6 is 0 Å². The molecule has 5 rings (SSSR count). The van der Waals surface area contributed by atoms with Crippen LogP contribution in [0.4, 0.5) is 13.2 Å². The highest BCUT2D eigenvalue weighted by molar-refractivity contribution is 5.92. The summed E-state index contributed by atoms with van der Waals surface area (Å²) in [7, 11) is 1.66. The highest BCUT2D eigenvalue weighted by Crippen LogP contribution is 2.49. The third-order valence-corrected chi connectivity index (χ3v) is 6.83. The molecule has 3 heterocycles. The summed E-state index contributed by atoms with van der Waals surface area (Å²) >= 11 is 0. The molecule has 0 radical (unpaired) electrons. The van der Waals surface area contributed by atoms with Crippen LogP contribution in [0.25, 0.3) is 17.2 Å². The summed E-state index contributed by atoms with van der Waals surface area (Å²) in [5, 5.41) is 11.2. The Balaban J connectivity index is 1.39. The van der Waals surface area contributed by atoms with E-state index in [9.17, 15) is 18.0 Å². The van der Waals surface area contributed by atoms with Crippen molar-refractivity contribution < 1.29 is 18.0 Å². The molecule has 2 aliphatic carbocycles. The monoisotopic (exact) mass is 459 g/mol. The summed E-state index contributed by atoms with van der Waals surface area (Å²) in [6.45, 7) is 2.01. The Morgan fingerprint density at radius 1 is 1.24 bits per heavy atom. The minimum Gasteiger partial charge on any atom is -0.348 e. The van der Waals surface area contributed by atoms with Gasteiger partial charge < -0.3 is 5.32 Å². The lowest BCUT2D eigenvalue weighted by atomic mass is 9.84. The molecule has 3 aromatic rings. The maximum absolute atomic E-state index is 13.5. The lowest BCUT2D eigenvalue weighted by Gasteiger charge is -2.28. The van der Waals surface area contributed by atoms with Crippen LogP contribution in [0, 0.1) is 17.8 Å². The average molecular weight is 459 g/mol. The van der Waals surface area contributed by atoms with Gasteiger partial charge in [-0.05, 0) is 56.1 Å². The van der Waals surface area contributed by atoms with E-state index in [0.717, 1.165) is 23.1 Å². The Morgan fingerprint density at radius 2 is 2.06 bits per heavy atom. The van der Waals surface area contributed by atoms with E-state index in [1.54, 1.807) is 13.2 Å². The first kappa shape index (κ1) is 21.6. The number of carbonyl (C=O) groups is 1. The van der Waals surface area contributed by atoms with Gasteiger partial charge in [0.15, 0.2) is 11.4 Å². The summed E-state index contributed by atoms with van der Waals surface area (Å²) < 4.78 is 43.0. The third kappa shape index (κ3) is 4.23. The fourth-order valence-electron chi connectivity index (χ4n) is 5.23. The van der Waals surface area contributed by atoms with E-state index in [2.05, 4.69) is 25.5 Å². The van der Waals surface area contributed by atoms with E-state index in [1.165, 1.54) is 42.4 Å².